The Bertz CT molecular complexity index is 678. The maximum absolute atomic E-state index is 10.4. The largest absolute Gasteiger partial charge is 0.392 e. The van der Waals surface area contributed by atoms with Crippen LogP contribution in [0.5, 0.6) is 0 Å². The van der Waals surface area contributed by atoms with Gasteiger partial charge in [-0.2, -0.15) is 0 Å². The van der Waals surface area contributed by atoms with Crippen LogP contribution in [0.15, 0.2) is 54.1 Å². The fraction of sp³-hybridized carbons (Fsp3) is 0.478. The number of rotatable bonds is 9. The fourth-order valence-corrected chi connectivity index (χ4v) is 3.43. The molecule has 148 valence electrons. The molecule has 2 rings (SSSR count). The molecule has 1 fully saturated rings. The van der Waals surface area contributed by atoms with Gasteiger partial charge in [-0.1, -0.05) is 42.5 Å². The van der Waals surface area contributed by atoms with E-state index < -0.39 is 5.60 Å². The molecule has 0 bridgehead atoms. The Labute approximate surface area is 163 Å². The molecule has 0 radical (unpaired) electrons. The minimum absolute atomic E-state index is 0.0289. The van der Waals surface area contributed by atoms with Gasteiger partial charge in [0.1, 0.15) is 0 Å². The second-order valence-electron chi connectivity index (χ2n) is 7.58. The zero-order chi connectivity index (χ0) is 19.7. The first-order valence-corrected chi connectivity index (χ1v) is 9.89. The van der Waals surface area contributed by atoms with E-state index >= 15 is 0 Å². The van der Waals surface area contributed by atoms with E-state index in [-0.39, 0.29) is 6.61 Å². The topological polar surface area (TPSA) is 69.7 Å². The van der Waals surface area contributed by atoms with Crippen LogP contribution in [0, 0.1) is 0 Å². The molecule has 1 saturated heterocycles. The third-order valence-corrected chi connectivity index (χ3v) is 4.93. The van der Waals surface area contributed by atoms with Crippen molar-refractivity contribution in [3.05, 3.63) is 65.3 Å². The van der Waals surface area contributed by atoms with Gasteiger partial charge in [-0.25, -0.2) is 0 Å². The van der Waals surface area contributed by atoms with Crippen molar-refractivity contribution in [3.8, 4) is 0 Å². The van der Waals surface area contributed by atoms with Crippen LogP contribution in [0.2, 0.25) is 0 Å². The van der Waals surface area contributed by atoms with Gasteiger partial charge >= 0.3 is 0 Å². The molecule has 0 aliphatic carbocycles. The average molecular weight is 371 g/mol. The lowest BCUT2D eigenvalue weighted by Gasteiger charge is -2.20. The van der Waals surface area contributed by atoms with Crippen LogP contribution in [0.1, 0.15) is 44.2 Å². The average Bonchev–Trinajstić information content (AvgIpc) is 3.15. The number of hydrogen-bond donors (Lipinski definition) is 3. The van der Waals surface area contributed by atoms with Crippen LogP contribution < -0.4 is 5.73 Å². The predicted molar refractivity (Wildman–Crippen MR) is 113 cm³/mol. The highest BCUT2D eigenvalue weighted by Gasteiger charge is 2.17. The smallest absolute Gasteiger partial charge is 0.0840 e. The third-order valence-electron chi connectivity index (χ3n) is 4.93. The molecule has 4 heteroatoms. The van der Waals surface area contributed by atoms with E-state index in [2.05, 4.69) is 17.0 Å². The first-order chi connectivity index (χ1) is 13.0. The van der Waals surface area contributed by atoms with E-state index in [9.17, 15) is 10.2 Å². The summed E-state index contributed by atoms with van der Waals surface area (Å²) in [6.45, 7) is 7.42. The molecule has 1 aromatic carbocycles. The molecule has 0 saturated carbocycles. The van der Waals surface area contributed by atoms with E-state index in [0.717, 1.165) is 35.2 Å². The van der Waals surface area contributed by atoms with E-state index in [1.165, 1.54) is 25.9 Å². The highest BCUT2D eigenvalue weighted by molar-refractivity contribution is 5.82. The molecule has 0 spiro atoms. The van der Waals surface area contributed by atoms with Crippen LogP contribution in [0.25, 0.3) is 5.57 Å². The number of aliphatic hydroxyl groups is 2. The SMILES string of the molecule is CC(C)(O)c1cccc(C(=C/CCN2CCCC2)/C(/C=C\CN)=C\CO)c1. The van der Waals surface area contributed by atoms with Crippen molar-refractivity contribution >= 4 is 5.57 Å². The van der Waals surface area contributed by atoms with E-state index in [1.807, 2.05) is 36.4 Å². The number of nitrogens with zero attached hydrogens (tertiary/aromatic N) is 1. The van der Waals surface area contributed by atoms with Crippen molar-refractivity contribution in [1.29, 1.82) is 0 Å². The summed E-state index contributed by atoms with van der Waals surface area (Å²) in [5, 5.41) is 19.9. The lowest BCUT2D eigenvalue weighted by Crippen LogP contribution is -2.19. The van der Waals surface area contributed by atoms with Crippen LogP contribution in [-0.4, -0.2) is 47.9 Å². The normalized spacial score (nSPS) is 17.2. The lowest BCUT2D eigenvalue weighted by molar-refractivity contribution is 0.0786. The minimum Gasteiger partial charge on any atom is -0.392 e. The fourth-order valence-electron chi connectivity index (χ4n) is 3.43. The number of likely N-dealkylation sites (tertiary alicyclic amines) is 1. The predicted octanol–water partition coefficient (Wildman–Crippen LogP) is 3.22. The highest BCUT2D eigenvalue weighted by atomic mass is 16.3. The zero-order valence-corrected chi connectivity index (χ0v) is 16.7. The Balaban J connectivity index is 2.35. The number of aliphatic hydroxyl groups excluding tert-OH is 1. The molecule has 0 aromatic heterocycles. The summed E-state index contributed by atoms with van der Waals surface area (Å²) in [6.07, 6.45) is 11.4. The van der Waals surface area contributed by atoms with Gasteiger partial charge in [0.25, 0.3) is 0 Å². The maximum Gasteiger partial charge on any atom is 0.0840 e. The lowest BCUT2D eigenvalue weighted by atomic mass is 9.90. The monoisotopic (exact) mass is 370 g/mol. The standard InChI is InChI=1S/C23H34N2O2/c1-23(2,27)21-10-5-8-20(18-21)22(19(12-17-26)9-6-13-24)11-7-16-25-14-3-4-15-25/h5-6,8-12,18,26-27H,3-4,7,13-17,24H2,1-2H3/b9-6-,19-12-,22-11+. The van der Waals surface area contributed by atoms with Gasteiger partial charge in [-0.05, 0) is 74.5 Å². The Kier molecular flexibility index (Phi) is 8.45. The van der Waals surface area contributed by atoms with Gasteiger partial charge in [-0.3, -0.25) is 0 Å². The molecule has 1 aliphatic rings. The van der Waals surface area contributed by atoms with Gasteiger partial charge < -0.3 is 20.8 Å². The summed E-state index contributed by atoms with van der Waals surface area (Å²) < 4.78 is 0. The van der Waals surface area contributed by atoms with Gasteiger partial charge in [0.15, 0.2) is 0 Å². The van der Waals surface area contributed by atoms with E-state index in [1.54, 1.807) is 13.8 Å². The molecule has 1 heterocycles. The van der Waals surface area contributed by atoms with Crippen molar-refractivity contribution in [2.75, 3.05) is 32.8 Å². The molecular weight excluding hydrogens is 336 g/mol. The molecule has 0 amide bonds. The molecule has 0 unspecified atom stereocenters. The number of nitrogens with two attached hydrogens (primary N) is 1. The molecule has 27 heavy (non-hydrogen) atoms. The van der Waals surface area contributed by atoms with Gasteiger partial charge in [0.05, 0.1) is 12.2 Å². The molecule has 1 aromatic rings. The summed E-state index contributed by atoms with van der Waals surface area (Å²) in [4.78, 5) is 2.49. The second-order valence-corrected chi connectivity index (χ2v) is 7.58. The maximum atomic E-state index is 10.4. The van der Waals surface area contributed by atoms with Crippen LogP contribution in [0.3, 0.4) is 0 Å². The Morgan fingerprint density at radius 3 is 2.59 bits per heavy atom. The number of benzene rings is 1. The summed E-state index contributed by atoms with van der Waals surface area (Å²) in [7, 11) is 0. The Morgan fingerprint density at radius 2 is 1.96 bits per heavy atom. The summed E-state index contributed by atoms with van der Waals surface area (Å²) in [5.41, 5.74) is 8.68. The summed E-state index contributed by atoms with van der Waals surface area (Å²) in [6, 6.07) is 8.00. The second kappa shape index (κ2) is 10.6. The molecule has 1 aliphatic heterocycles. The van der Waals surface area contributed by atoms with Crippen LogP contribution >= 0.6 is 0 Å². The molecule has 4 nitrogen and oxygen atoms in total. The van der Waals surface area contributed by atoms with Crippen molar-refractivity contribution in [3.63, 3.8) is 0 Å². The first-order valence-electron chi connectivity index (χ1n) is 9.89. The quantitative estimate of drug-likeness (QED) is 0.584. The zero-order valence-electron chi connectivity index (χ0n) is 16.7. The van der Waals surface area contributed by atoms with Gasteiger partial charge in [-0.15, -0.1) is 0 Å². The van der Waals surface area contributed by atoms with Crippen molar-refractivity contribution in [2.45, 2.75) is 38.7 Å². The van der Waals surface area contributed by atoms with Gasteiger partial charge in [0, 0.05) is 13.1 Å². The molecule has 0 atom stereocenters. The molecule has 4 N–H and O–H groups in total. The number of hydrogen-bond acceptors (Lipinski definition) is 4. The van der Waals surface area contributed by atoms with Crippen LogP contribution in [-0.2, 0) is 5.60 Å². The van der Waals surface area contributed by atoms with Crippen molar-refractivity contribution in [2.24, 2.45) is 5.73 Å². The van der Waals surface area contributed by atoms with E-state index in [4.69, 9.17) is 5.73 Å². The molecular formula is C23H34N2O2. The third kappa shape index (κ3) is 6.74. The Morgan fingerprint density at radius 1 is 1.22 bits per heavy atom. The van der Waals surface area contributed by atoms with E-state index in [0.29, 0.717) is 6.54 Å². The highest BCUT2D eigenvalue weighted by Crippen LogP contribution is 2.29. The van der Waals surface area contributed by atoms with Gasteiger partial charge in [0.2, 0.25) is 0 Å². The Hall–Kier alpha value is -1.72. The number of allylic oxidation sites excluding steroid dienone is 3. The van der Waals surface area contributed by atoms with Crippen LogP contribution in [0.4, 0.5) is 0 Å². The van der Waals surface area contributed by atoms with Crippen molar-refractivity contribution < 1.29 is 10.2 Å². The minimum atomic E-state index is -0.898. The first kappa shape index (κ1) is 21.6. The summed E-state index contributed by atoms with van der Waals surface area (Å²) >= 11 is 0. The van der Waals surface area contributed by atoms with Crippen molar-refractivity contribution in [1.82, 2.24) is 4.90 Å². The summed E-state index contributed by atoms with van der Waals surface area (Å²) in [5.74, 6) is 0.